The van der Waals surface area contributed by atoms with Gasteiger partial charge in [-0.2, -0.15) is 0 Å². The Morgan fingerprint density at radius 3 is 2.84 bits per heavy atom. The van der Waals surface area contributed by atoms with E-state index in [-0.39, 0.29) is 18.1 Å². The molecule has 1 heterocycles. The number of methoxy groups -OCH3 is 1. The van der Waals surface area contributed by atoms with E-state index in [2.05, 4.69) is 20.9 Å². The van der Waals surface area contributed by atoms with Gasteiger partial charge in [-0.3, -0.25) is 0 Å². The van der Waals surface area contributed by atoms with Gasteiger partial charge in [0.15, 0.2) is 0 Å². The maximum absolute atomic E-state index is 11.0. The molecule has 1 N–H and O–H groups in total. The maximum atomic E-state index is 11.0. The third-order valence-electron chi connectivity index (χ3n) is 2.15. The van der Waals surface area contributed by atoms with Gasteiger partial charge < -0.3 is 19.3 Å². The van der Waals surface area contributed by atoms with Crippen molar-refractivity contribution in [2.75, 3.05) is 33.5 Å². The lowest BCUT2D eigenvalue weighted by atomic mass is 10.3. The Morgan fingerprint density at radius 1 is 1.37 bits per heavy atom. The third-order valence-corrected chi connectivity index (χ3v) is 2.59. The fourth-order valence-corrected chi connectivity index (χ4v) is 1.63. The van der Waals surface area contributed by atoms with E-state index in [1.54, 1.807) is 7.11 Å². The molecule has 0 aliphatic carbocycles. The van der Waals surface area contributed by atoms with Crippen molar-refractivity contribution in [1.29, 1.82) is 0 Å². The molecule has 0 fully saturated rings. The molecule has 19 heavy (non-hydrogen) atoms. The molecule has 0 unspecified atom stereocenters. The van der Waals surface area contributed by atoms with Crippen LogP contribution in [-0.2, 0) is 9.47 Å². The molecule has 0 spiro atoms. The fraction of sp³-hybridized carbons (Fsp3) is 0.500. The fourth-order valence-electron chi connectivity index (χ4n) is 1.30. The summed E-state index contributed by atoms with van der Waals surface area (Å²) in [4.78, 5) is 14.9. The van der Waals surface area contributed by atoms with Crippen molar-refractivity contribution in [3.8, 4) is 5.88 Å². The number of halogens is 1. The predicted molar refractivity (Wildman–Crippen MR) is 71.7 cm³/mol. The first kappa shape index (κ1) is 15.9. The molecule has 0 aliphatic rings. The second-order valence-corrected chi connectivity index (χ2v) is 4.53. The molecule has 1 aromatic heterocycles. The predicted octanol–water partition coefficient (Wildman–Crippen LogP) is 1.97. The molecule has 1 aromatic rings. The topological polar surface area (TPSA) is 77.9 Å². The van der Waals surface area contributed by atoms with E-state index in [0.717, 1.165) is 6.42 Å². The Morgan fingerprint density at radius 2 is 2.16 bits per heavy atom. The van der Waals surface area contributed by atoms with Gasteiger partial charge >= 0.3 is 5.97 Å². The summed E-state index contributed by atoms with van der Waals surface area (Å²) in [5, 5.41) is 9.00. The van der Waals surface area contributed by atoms with Crippen molar-refractivity contribution in [3.63, 3.8) is 0 Å². The second kappa shape index (κ2) is 8.84. The van der Waals surface area contributed by atoms with Crippen LogP contribution in [0.1, 0.15) is 16.8 Å². The summed E-state index contributed by atoms with van der Waals surface area (Å²) >= 11 is 3.16. The van der Waals surface area contributed by atoms with Crippen LogP contribution in [0.4, 0.5) is 0 Å². The molecular weight excluding hydrogens is 318 g/mol. The zero-order valence-corrected chi connectivity index (χ0v) is 12.2. The number of hydrogen-bond acceptors (Lipinski definition) is 5. The minimum absolute atomic E-state index is 0.0220. The smallest absolute Gasteiger partial charge is 0.341 e. The van der Waals surface area contributed by atoms with Gasteiger partial charge in [-0.15, -0.1) is 0 Å². The van der Waals surface area contributed by atoms with Crippen molar-refractivity contribution in [2.24, 2.45) is 0 Å². The maximum Gasteiger partial charge on any atom is 0.341 e. The Kier molecular flexibility index (Phi) is 7.39. The lowest BCUT2D eigenvalue weighted by molar-refractivity contribution is 0.0673. The minimum Gasteiger partial charge on any atom is -0.477 e. The van der Waals surface area contributed by atoms with Crippen LogP contribution in [0.5, 0.6) is 5.88 Å². The van der Waals surface area contributed by atoms with Gasteiger partial charge in [0.2, 0.25) is 5.88 Å². The zero-order chi connectivity index (χ0) is 14.1. The zero-order valence-electron chi connectivity index (χ0n) is 10.6. The Hall–Kier alpha value is -1.18. The van der Waals surface area contributed by atoms with Gasteiger partial charge in [0.25, 0.3) is 0 Å². The molecule has 6 nitrogen and oxygen atoms in total. The summed E-state index contributed by atoms with van der Waals surface area (Å²) in [6.07, 6.45) is 2.30. The van der Waals surface area contributed by atoms with Crippen molar-refractivity contribution < 1.29 is 24.1 Å². The van der Waals surface area contributed by atoms with E-state index in [1.807, 2.05) is 0 Å². The van der Waals surface area contributed by atoms with E-state index in [9.17, 15) is 4.79 Å². The van der Waals surface area contributed by atoms with Gasteiger partial charge in [-0.1, -0.05) is 0 Å². The second-order valence-electron chi connectivity index (χ2n) is 3.62. The molecule has 0 aliphatic heterocycles. The summed E-state index contributed by atoms with van der Waals surface area (Å²) in [5.41, 5.74) is 0.0220. The van der Waals surface area contributed by atoms with Crippen LogP contribution >= 0.6 is 15.9 Å². The van der Waals surface area contributed by atoms with E-state index < -0.39 is 5.97 Å². The van der Waals surface area contributed by atoms with Crippen LogP contribution in [0.15, 0.2) is 16.7 Å². The Labute approximate surface area is 119 Å². The minimum atomic E-state index is -1.08. The summed E-state index contributed by atoms with van der Waals surface area (Å²) in [6.45, 7) is 1.86. The third kappa shape index (κ3) is 6.00. The molecule has 0 saturated carbocycles. The number of carboxylic acids is 1. The van der Waals surface area contributed by atoms with Crippen LogP contribution in [0, 0.1) is 0 Å². The number of rotatable bonds is 9. The highest BCUT2D eigenvalue weighted by Crippen LogP contribution is 2.19. The number of pyridine rings is 1. The largest absolute Gasteiger partial charge is 0.477 e. The van der Waals surface area contributed by atoms with Gasteiger partial charge in [-0.05, 0) is 28.4 Å². The summed E-state index contributed by atoms with van der Waals surface area (Å²) in [7, 11) is 1.63. The van der Waals surface area contributed by atoms with Crippen molar-refractivity contribution >= 4 is 21.9 Å². The number of carbonyl (C=O) groups is 1. The average molecular weight is 334 g/mol. The first-order valence-corrected chi connectivity index (χ1v) is 6.52. The SMILES string of the molecule is COCCCOCCOc1ncc(Br)cc1C(=O)O. The van der Waals surface area contributed by atoms with Crippen LogP contribution in [0.3, 0.4) is 0 Å². The van der Waals surface area contributed by atoms with E-state index in [1.165, 1.54) is 12.3 Å². The number of aromatic nitrogens is 1. The number of ether oxygens (including phenoxy) is 3. The first-order chi connectivity index (χ1) is 9.15. The monoisotopic (exact) mass is 333 g/mol. The number of hydrogen-bond donors (Lipinski definition) is 1. The quantitative estimate of drug-likeness (QED) is 0.696. The molecule has 0 atom stereocenters. The molecule has 0 amide bonds. The molecule has 0 bridgehead atoms. The number of carboxylic acid groups (broad SMARTS) is 1. The molecule has 106 valence electrons. The summed E-state index contributed by atoms with van der Waals surface area (Å²) in [5.74, 6) is -0.985. The summed E-state index contributed by atoms with van der Waals surface area (Å²) in [6, 6.07) is 1.45. The highest BCUT2D eigenvalue weighted by molar-refractivity contribution is 9.10. The molecule has 0 radical (unpaired) electrons. The van der Waals surface area contributed by atoms with Crippen LogP contribution < -0.4 is 4.74 Å². The molecule has 7 heteroatoms. The lowest BCUT2D eigenvalue weighted by Crippen LogP contribution is -2.11. The summed E-state index contributed by atoms with van der Waals surface area (Å²) < 4.78 is 16.1. The van der Waals surface area contributed by atoms with Gasteiger partial charge in [0.1, 0.15) is 12.2 Å². The Bertz CT molecular complexity index is 413. The standard InChI is InChI=1S/C12H16BrNO5/c1-17-3-2-4-18-5-6-19-11-10(12(15)16)7-9(13)8-14-11/h7-8H,2-6H2,1H3,(H,15,16). The highest BCUT2D eigenvalue weighted by atomic mass is 79.9. The molecule has 1 rings (SSSR count). The van der Waals surface area contributed by atoms with Gasteiger partial charge in [0, 0.05) is 31.0 Å². The van der Waals surface area contributed by atoms with Gasteiger partial charge in [0.05, 0.1) is 6.61 Å². The van der Waals surface area contributed by atoms with Gasteiger partial charge in [-0.25, -0.2) is 9.78 Å². The van der Waals surface area contributed by atoms with E-state index in [0.29, 0.717) is 24.3 Å². The van der Waals surface area contributed by atoms with Crippen LogP contribution in [0.25, 0.3) is 0 Å². The molecule has 0 aromatic carbocycles. The highest BCUT2D eigenvalue weighted by Gasteiger charge is 2.13. The van der Waals surface area contributed by atoms with E-state index in [4.69, 9.17) is 19.3 Å². The first-order valence-electron chi connectivity index (χ1n) is 5.73. The van der Waals surface area contributed by atoms with Crippen LogP contribution in [-0.4, -0.2) is 49.6 Å². The van der Waals surface area contributed by atoms with Crippen molar-refractivity contribution in [2.45, 2.75) is 6.42 Å². The van der Waals surface area contributed by atoms with Crippen LogP contribution in [0.2, 0.25) is 0 Å². The average Bonchev–Trinajstić information content (AvgIpc) is 2.39. The Balaban J connectivity index is 2.35. The normalized spacial score (nSPS) is 10.4. The van der Waals surface area contributed by atoms with Crippen molar-refractivity contribution in [1.82, 2.24) is 4.98 Å². The van der Waals surface area contributed by atoms with Crippen molar-refractivity contribution in [3.05, 3.63) is 22.3 Å². The number of nitrogens with zero attached hydrogens (tertiary/aromatic N) is 1. The molecule has 0 saturated heterocycles. The lowest BCUT2D eigenvalue weighted by Gasteiger charge is -2.08. The molecular formula is C12H16BrNO5. The van der Waals surface area contributed by atoms with E-state index >= 15 is 0 Å². The number of aromatic carboxylic acids is 1.